The van der Waals surface area contributed by atoms with Crippen molar-refractivity contribution in [1.82, 2.24) is 9.88 Å². The normalized spacial score (nSPS) is 10.3. The predicted molar refractivity (Wildman–Crippen MR) is 121 cm³/mol. The molecule has 0 atom stereocenters. The van der Waals surface area contributed by atoms with E-state index in [9.17, 15) is 14.9 Å². The van der Waals surface area contributed by atoms with Gasteiger partial charge < -0.3 is 15.6 Å². The van der Waals surface area contributed by atoms with Crippen LogP contribution >= 0.6 is 35.7 Å². The van der Waals surface area contributed by atoms with Gasteiger partial charge in [-0.1, -0.05) is 30.0 Å². The van der Waals surface area contributed by atoms with Gasteiger partial charge in [0.05, 0.1) is 4.92 Å². The van der Waals surface area contributed by atoms with Crippen LogP contribution in [0.15, 0.2) is 59.6 Å². The molecule has 0 aliphatic carbocycles. The zero-order valence-corrected chi connectivity index (χ0v) is 17.8. The van der Waals surface area contributed by atoms with Gasteiger partial charge >= 0.3 is 0 Å². The number of nitrogens with one attached hydrogen (secondary N) is 2. The Bertz CT molecular complexity index is 1020. The predicted octanol–water partition coefficient (Wildman–Crippen LogP) is 3.58. The summed E-state index contributed by atoms with van der Waals surface area (Å²) in [4.78, 5) is 23.2. The molecule has 146 valence electrons. The Labute approximate surface area is 182 Å². The van der Waals surface area contributed by atoms with E-state index in [1.165, 1.54) is 36.0 Å². The van der Waals surface area contributed by atoms with Gasteiger partial charge in [0.25, 0.3) is 11.6 Å². The SMILES string of the molecule is I.N=C(N)Sc1cn(CCNC(=O)c2ccc([N+](=O)[O-])cc2)c2ccccc12. The Kier molecular flexibility index (Phi) is 7.40. The highest BCUT2D eigenvalue weighted by molar-refractivity contribution is 14.0. The van der Waals surface area contributed by atoms with Crippen molar-refractivity contribution in [2.75, 3.05) is 6.54 Å². The third-order valence-corrected chi connectivity index (χ3v) is 4.72. The summed E-state index contributed by atoms with van der Waals surface area (Å²) in [5.41, 5.74) is 6.80. The minimum absolute atomic E-state index is 0. The summed E-state index contributed by atoms with van der Waals surface area (Å²) in [6, 6.07) is 13.3. The summed E-state index contributed by atoms with van der Waals surface area (Å²) in [5.74, 6) is -0.292. The maximum atomic E-state index is 12.2. The molecule has 2 aromatic carbocycles. The van der Waals surface area contributed by atoms with Crippen molar-refractivity contribution in [2.45, 2.75) is 11.4 Å². The molecule has 0 unspecified atom stereocenters. The fourth-order valence-electron chi connectivity index (χ4n) is 2.72. The standard InChI is InChI=1S/C18H17N5O3S.HI/c19-18(20)27-16-11-22(15-4-2-1-3-14(15)16)10-9-21-17(24)12-5-7-13(8-6-12)23(25)26;/h1-8,11H,9-10H2,(H3,19,20)(H,21,24);1H. The summed E-state index contributed by atoms with van der Waals surface area (Å²) in [6.07, 6.45) is 1.91. The summed E-state index contributed by atoms with van der Waals surface area (Å²) < 4.78 is 2.00. The first-order chi connectivity index (χ1) is 13.0. The number of benzene rings is 2. The van der Waals surface area contributed by atoms with Crippen LogP contribution < -0.4 is 11.1 Å². The van der Waals surface area contributed by atoms with Gasteiger partial charge in [0, 0.05) is 52.8 Å². The maximum absolute atomic E-state index is 12.2. The van der Waals surface area contributed by atoms with Gasteiger partial charge in [0.15, 0.2) is 5.17 Å². The molecule has 3 rings (SSSR count). The largest absolute Gasteiger partial charge is 0.378 e. The molecule has 1 amide bonds. The number of non-ortho nitro benzene ring substituents is 1. The molecule has 4 N–H and O–H groups in total. The number of nitro benzene ring substituents is 1. The van der Waals surface area contributed by atoms with E-state index in [0.29, 0.717) is 18.7 Å². The molecular formula is C18H18IN5O3S. The zero-order chi connectivity index (χ0) is 19.4. The number of hydrogen-bond donors (Lipinski definition) is 3. The Balaban J connectivity index is 0.00000280. The molecule has 0 aliphatic heterocycles. The van der Waals surface area contributed by atoms with E-state index in [-0.39, 0.29) is 40.7 Å². The van der Waals surface area contributed by atoms with Crippen LogP contribution in [0, 0.1) is 15.5 Å². The number of para-hydroxylation sites is 1. The molecular weight excluding hydrogens is 493 g/mol. The smallest absolute Gasteiger partial charge is 0.269 e. The number of carbonyl (C=O) groups excluding carboxylic acids is 1. The van der Waals surface area contributed by atoms with E-state index in [0.717, 1.165) is 15.8 Å². The Morgan fingerprint density at radius 1 is 1.21 bits per heavy atom. The highest BCUT2D eigenvalue weighted by atomic mass is 127. The topological polar surface area (TPSA) is 127 Å². The third-order valence-electron chi connectivity index (χ3n) is 3.95. The number of nitro groups is 1. The van der Waals surface area contributed by atoms with Crippen molar-refractivity contribution in [3.8, 4) is 0 Å². The Morgan fingerprint density at radius 3 is 2.54 bits per heavy atom. The van der Waals surface area contributed by atoms with Crippen molar-refractivity contribution in [3.63, 3.8) is 0 Å². The molecule has 0 aliphatic rings. The fourth-order valence-corrected chi connectivity index (χ4v) is 3.42. The Morgan fingerprint density at radius 2 is 1.89 bits per heavy atom. The van der Waals surface area contributed by atoms with Gasteiger partial charge in [-0.25, -0.2) is 0 Å². The van der Waals surface area contributed by atoms with E-state index < -0.39 is 4.92 Å². The van der Waals surface area contributed by atoms with Crippen molar-refractivity contribution in [3.05, 3.63) is 70.4 Å². The molecule has 0 radical (unpaired) electrons. The zero-order valence-electron chi connectivity index (χ0n) is 14.6. The number of carbonyl (C=O) groups is 1. The van der Waals surface area contributed by atoms with E-state index >= 15 is 0 Å². The molecule has 3 aromatic rings. The summed E-state index contributed by atoms with van der Waals surface area (Å²) >= 11 is 1.19. The maximum Gasteiger partial charge on any atom is 0.269 e. The van der Waals surface area contributed by atoms with E-state index in [2.05, 4.69) is 5.32 Å². The lowest BCUT2D eigenvalue weighted by Crippen LogP contribution is -2.27. The van der Waals surface area contributed by atoms with Crippen LogP contribution in [0.4, 0.5) is 5.69 Å². The van der Waals surface area contributed by atoms with E-state index in [1.807, 2.05) is 35.0 Å². The number of thioether (sulfide) groups is 1. The minimum atomic E-state index is -0.504. The number of nitrogens with two attached hydrogens (primary N) is 1. The summed E-state index contributed by atoms with van der Waals surface area (Å²) in [7, 11) is 0. The van der Waals surface area contributed by atoms with Gasteiger partial charge in [0.2, 0.25) is 0 Å². The second kappa shape index (κ2) is 9.55. The molecule has 0 saturated carbocycles. The van der Waals surface area contributed by atoms with Crippen molar-refractivity contribution in [1.29, 1.82) is 5.41 Å². The van der Waals surface area contributed by atoms with Crippen LogP contribution in [0.2, 0.25) is 0 Å². The Hall–Kier alpha value is -2.60. The highest BCUT2D eigenvalue weighted by Crippen LogP contribution is 2.29. The van der Waals surface area contributed by atoms with Crippen molar-refractivity contribution in [2.24, 2.45) is 5.73 Å². The number of fused-ring (bicyclic) bond motifs is 1. The number of nitrogens with zero attached hydrogens (tertiary/aromatic N) is 2. The second-order valence-electron chi connectivity index (χ2n) is 5.73. The van der Waals surface area contributed by atoms with Crippen LogP contribution in [-0.4, -0.2) is 27.1 Å². The van der Waals surface area contributed by atoms with Gasteiger partial charge in [-0.05, 0) is 18.2 Å². The van der Waals surface area contributed by atoms with Crippen LogP contribution in [0.5, 0.6) is 0 Å². The monoisotopic (exact) mass is 511 g/mol. The van der Waals surface area contributed by atoms with Gasteiger partial charge in [0.1, 0.15) is 0 Å². The number of rotatable bonds is 6. The lowest BCUT2D eigenvalue weighted by Gasteiger charge is -2.07. The highest BCUT2D eigenvalue weighted by Gasteiger charge is 2.11. The number of hydrogen-bond acceptors (Lipinski definition) is 5. The first-order valence-electron chi connectivity index (χ1n) is 8.08. The fraction of sp³-hybridized carbons (Fsp3) is 0.111. The average molecular weight is 511 g/mol. The van der Waals surface area contributed by atoms with Crippen LogP contribution in [0.3, 0.4) is 0 Å². The van der Waals surface area contributed by atoms with Gasteiger partial charge in [-0.3, -0.25) is 20.3 Å². The molecule has 28 heavy (non-hydrogen) atoms. The van der Waals surface area contributed by atoms with Crippen LogP contribution in [-0.2, 0) is 6.54 Å². The second-order valence-corrected chi connectivity index (χ2v) is 6.81. The molecule has 1 heterocycles. The molecule has 0 spiro atoms. The van der Waals surface area contributed by atoms with Gasteiger partial charge in [-0.15, -0.1) is 24.0 Å². The molecule has 10 heteroatoms. The number of aromatic nitrogens is 1. The van der Waals surface area contributed by atoms with E-state index in [4.69, 9.17) is 11.1 Å². The number of amides is 1. The molecule has 0 fully saturated rings. The summed E-state index contributed by atoms with van der Waals surface area (Å²) in [6.45, 7) is 0.927. The minimum Gasteiger partial charge on any atom is -0.378 e. The first kappa shape index (κ1) is 21.7. The van der Waals surface area contributed by atoms with Crippen molar-refractivity contribution >= 4 is 63.4 Å². The molecule has 0 saturated heterocycles. The molecule has 8 nitrogen and oxygen atoms in total. The average Bonchev–Trinajstić information content (AvgIpc) is 2.99. The number of halogens is 1. The lowest BCUT2D eigenvalue weighted by molar-refractivity contribution is -0.384. The van der Waals surface area contributed by atoms with E-state index in [1.54, 1.807) is 0 Å². The van der Waals surface area contributed by atoms with Crippen LogP contribution in [0.1, 0.15) is 10.4 Å². The number of amidine groups is 1. The lowest BCUT2D eigenvalue weighted by atomic mass is 10.2. The first-order valence-corrected chi connectivity index (χ1v) is 8.90. The van der Waals surface area contributed by atoms with Crippen molar-refractivity contribution < 1.29 is 9.72 Å². The van der Waals surface area contributed by atoms with Crippen LogP contribution in [0.25, 0.3) is 10.9 Å². The third kappa shape index (κ3) is 5.01. The molecule has 0 bridgehead atoms. The summed E-state index contributed by atoms with van der Waals surface area (Å²) in [5, 5.41) is 22.0. The quantitative estimate of drug-likeness (QED) is 0.116. The van der Waals surface area contributed by atoms with Gasteiger partial charge in [-0.2, -0.15) is 0 Å². The molecule has 1 aromatic heterocycles.